The molecule has 3 aromatic carbocycles. The van der Waals surface area contributed by atoms with E-state index in [1.807, 2.05) is 63.7 Å². The maximum Gasteiger partial charge on any atom is 0.336 e. The lowest BCUT2D eigenvalue weighted by atomic mass is 9.98. The number of fused-ring (bicyclic) bond motifs is 4. The lowest BCUT2D eigenvalue weighted by Gasteiger charge is -2.22. The van der Waals surface area contributed by atoms with E-state index in [1.165, 1.54) is 0 Å². The molecule has 7 rings (SSSR count). The molecule has 1 amide bonds. The van der Waals surface area contributed by atoms with Gasteiger partial charge in [-0.05, 0) is 94.0 Å². The third-order valence-corrected chi connectivity index (χ3v) is 10.7. The maximum absolute atomic E-state index is 14.9. The monoisotopic (exact) mass is 712 g/mol. The highest BCUT2D eigenvalue weighted by Gasteiger charge is 2.33. The molecular formula is C38H38Cl2N6O4. The van der Waals surface area contributed by atoms with Crippen molar-refractivity contribution in [2.75, 3.05) is 18.1 Å². The number of nitrogens with zero attached hydrogens (tertiary/aromatic N) is 6. The number of aryl methyl sites for hydroxylation is 7. The van der Waals surface area contributed by atoms with E-state index in [9.17, 15) is 14.7 Å². The second-order valence-corrected chi connectivity index (χ2v) is 13.9. The first-order chi connectivity index (χ1) is 23.8. The van der Waals surface area contributed by atoms with E-state index in [-0.39, 0.29) is 11.5 Å². The molecule has 0 spiro atoms. The van der Waals surface area contributed by atoms with E-state index in [1.54, 1.807) is 35.0 Å². The van der Waals surface area contributed by atoms with Gasteiger partial charge in [0.05, 0.1) is 33.9 Å². The fraction of sp³-hybridized carbons (Fsp3) is 0.316. The number of hydrogen-bond donors (Lipinski definition) is 1. The summed E-state index contributed by atoms with van der Waals surface area (Å²) in [6.45, 7) is 9.32. The van der Waals surface area contributed by atoms with E-state index in [2.05, 4.69) is 14.8 Å². The summed E-state index contributed by atoms with van der Waals surface area (Å²) >= 11 is 13.4. The first kappa shape index (κ1) is 33.7. The number of halogens is 2. The Morgan fingerprint density at radius 2 is 1.70 bits per heavy atom. The molecule has 0 atom stereocenters. The topological polar surface area (TPSA) is 107 Å². The van der Waals surface area contributed by atoms with Gasteiger partial charge in [0, 0.05) is 71.7 Å². The summed E-state index contributed by atoms with van der Waals surface area (Å²) in [4.78, 5) is 29.0. The summed E-state index contributed by atoms with van der Waals surface area (Å²) in [7, 11) is 3.67. The molecule has 50 heavy (non-hydrogen) atoms. The van der Waals surface area contributed by atoms with E-state index in [4.69, 9.17) is 27.9 Å². The average Bonchev–Trinajstić information content (AvgIpc) is 3.63. The number of carboxylic acid groups (broad SMARTS) is 1. The quantitative estimate of drug-likeness (QED) is 0.159. The van der Waals surface area contributed by atoms with Gasteiger partial charge in [-0.2, -0.15) is 10.2 Å². The summed E-state index contributed by atoms with van der Waals surface area (Å²) in [5.41, 5.74) is 9.02. The first-order valence-electron chi connectivity index (χ1n) is 16.6. The fourth-order valence-corrected chi connectivity index (χ4v) is 7.79. The van der Waals surface area contributed by atoms with Gasteiger partial charge in [0.2, 0.25) is 0 Å². The molecular weight excluding hydrogens is 675 g/mol. The Morgan fingerprint density at radius 1 is 0.960 bits per heavy atom. The molecule has 1 N–H and O–H groups in total. The van der Waals surface area contributed by atoms with E-state index in [0.717, 1.165) is 60.9 Å². The van der Waals surface area contributed by atoms with Gasteiger partial charge in [0.25, 0.3) is 5.91 Å². The van der Waals surface area contributed by atoms with Crippen molar-refractivity contribution in [1.82, 2.24) is 24.1 Å². The predicted molar refractivity (Wildman–Crippen MR) is 197 cm³/mol. The Kier molecular flexibility index (Phi) is 8.64. The highest BCUT2D eigenvalue weighted by molar-refractivity contribution is 6.35. The lowest BCUT2D eigenvalue weighted by Crippen LogP contribution is -2.32. The molecule has 0 radical (unpaired) electrons. The van der Waals surface area contributed by atoms with E-state index >= 15 is 0 Å². The summed E-state index contributed by atoms with van der Waals surface area (Å²) in [6.07, 6.45) is 3.53. The highest BCUT2D eigenvalue weighted by atomic mass is 35.5. The molecule has 12 heteroatoms. The third kappa shape index (κ3) is 5.60. The minimum atomic E-state index is -1.07. The van der Waals surface area contributed by atoms with Gasteiger partial charge >= 0.3 is 5.97 Å². The highest BCUT2D eigenvalue weighted by Crippen LogP contribution is 2.43. The first-order valence-corrected chi connectivity index (χ1v) is 17.4. The number of carboxylic acids is 1. The Bertz CT molecular complexity index is 2350. The van der Waals surface area contributed by atoms with Crippen molar-refractivity contribution in [2.24, 2.45) is 14.1 Å². The van der Waals surface area contributed by atoms with Gasteiger partial charge in [-0.15, -0.1) is 0 Å². The summed E-state index contributed by atoms with van der Waals surface area (Å²) < 4.78 is 11.7. The molecule has 0 unspecified atom stereocenters. The van der Waals surface area contributed by atoms with Crippen molar-refractivity contribution in [3.63, 3.8) is 0 Å². The number of amides is 1. The second-order valence-electron chi connectivity index (χ2n) is 13.1. The average molecular weight is 714 g/mol. The van der Waals surface area contributed by atoms with Crippen LogP contribution in [-0.4, -0.2) is 54.3 Å². The Balaban J connectivity index is 1.36. The molecule has 0 bridgehead atoms. The molecule has 1 aliphatic rings. The largest absolute Gasteiger partial charge is 0.494 e. The van der Waals surface area contributed by atoms with Crippen molar-refractivity contribution in [3.05, 3.63) is 92.0 Å². The molecule has 0 aliphatic carbocycles. The zero-order valence-corrected chi connectivity index (χ0v) is 30.4. The Hall–Kier alpha value is -4.80. The number of rotatable bonds is 8. The van der Waals surface area contributed by atoms with Crippen molar-refractivity contribution in [3.8, 4) is 16.9 Å². The van der Waals surface area contributed by atoms with Crippen molar-refractivity contribution in [2.45, 2.75) is 53.5 Å². The van der Waals surface area contributed by atoms with Gasteiger partial charge in [-0.3, -0.25) is 14.2 Å². The van der Waals surface area contributed by atoms with Gasteiger partial charge in [0.15, 0.2) is 0 Å². The minimum absolute atomic E-state index is 0.102. The van der Waals surface area contributed by atoms with Crippen LogP contribution in [-0.2, 0) is 27.1 Å². The number of hydrogen-bond acceptors (Lipinski definition) is 5. The van der Waals surface area contributed by atoms with Crippen LogP contribution in [0.3, 0.4) is 0 Å². The van der Waals surface area contributed by atoms with Crippen molar-refractivity contribution >= 4 is 62.6 Å². The number of anilines is 1. The molecule has 1 aliphatic heterocycles. The van der Waals surface area contributed by atoms with Crippen molar-refractivity contribution in [1.29, 1.82) is 0 Å². The molecule has 10 nitrogen and oxygen atoms in total. The van der Waals surface area contributed by atoms with Gasteiger partial charge in [0.1, 0.15) is 11.4 Å². The molecule has 4 heterocycles. The third-order valence-electron chi connectivity index (χ3n) is 9.76. The van der Waals surface area contributed by atoms with E-state index in [0.29, 0.717) is 66.3 Å². The fourth-order valence-electron chi connectivity index (χ4n) is 7.44. The van der Waals surface area contributed by atoms with Crippen LogP contribution in [0, 0.1) is 27.7 Å². The molecule has 0 saturated carbocycles. The zero-order chi connectivity index (χ0) is 35.6. The standard InChI is InChI=1S/C38H38Cl2N6O4/c1-20-15-25(16-21(2)34(20)40)50-14-7-9-26-27-10-11-30(39)33(32-22(3)41-44(6)23(32)4)35(27)46-13-8-12-45(37(47)36(26)46)24-17-28(38(48)49)29-19-43(5)42-31(29)18-24/h10-11,15-19H,7-9,12-14H2,1-6H3,(H,48,49). The molecule has 258 valence electrons. The SMILES string of the molecule is Cc1cc(OCCCc2c3n(c4c(-c5c(C)nn(C)c5C)c(Cl)ccc24)CCCN(c2cc(C(=O)O)c4cn(C)nc4c2)C3=O)cc(C)c1Cl. The van der Waals surface area contributed by atoms with Crippen LogP contribution in [0.1, 0.15) is 61.8 Å². The lowest BCUT2D eigenvalue weighted by molar-refractivity contribution is 0.0698. The Morgan fingerprint density at radius 3 is 2.38 bits per heavy atom. The van der Waals surface area contributed by atoms with Gasteiger partial charge in [-0.25, -0.2) is 4.79 Å². The number of carbonyl (C=O) groups is 2. The maximum atomic E-state index is 14.9. The second kappa shape index (κ2) is 12.8. The summed E-state index contributed by atoms with van der Waals surface area (Å²) in [6, 6.07) is 11.2. The molecule has 0 saturated heterocycles. The van der Waals surface area contributed by atoms with Crippen LogP contribution >= 0.6 is 23.2 Å². The van der Waals surface area contributed by atoms with E-state index < -0.39 is 5.97 Å². The predicted octanol–water partition coefficient (Wildman–Crippen LogP) is 8.23. The van der Waals surface area contributed by atoms with Crippen LogP contribution in [0.25, 0.3) is 32.9 Å². The number of carbonyl (C=O) groups excluding carboxylic acids is 1. The molecule has 3 aromatic heterocycles. The number of aromatic carboxylic acids is 1. The van der Waals surface area contributed by atoms with Crippen LogP contribution in [0.15, 0.2) is 42.6 Å². The smallest absolute Gasteiger partial charge is 0.336 e. The van der Waals surface area contributed by atoms with Crippen LogP contribution in [0.4, 0.5) is 5.69 Å². The minimum Gasteiger partial charge on any atom is -0.494 e. The van der Waals surface area contributed by atoms with Gasteiger partial charge < -0.3 is 19.3 Å². The van der Waals surface area contributed by atoms with Crippen LogP contribution in [0.5, 0.6) is 5.75 Å². The summed E-state index contributed by atoms with van der Waals surface area (Å²) in [5.74, 6) is -0.524. The van der Waals surface area contributed by atoms with Crippen molar-refractivity contribution < 1.29 is 19.4 Å². The zero-order valence-electron chi connectivity index (χ0n) is 28.9. The Labute approximate surface area is 299 Å². The molecule has 0 fully saturated rings. The number of aromatic nitrogens is 5. The molecule has 6 aromatic rings. The normalized spacial score (nSPS) is 13.4. The summed E-state index contributed by atoms with van der Waals surface area (Å²) in [5, 5.41) is 22.1. The number of benzene rings is 3. The van der Waals surface area contributed by atoms with Gasteiger partial charge in [-0.1, -0.05) is 29.3 Å². The number of ether oxygens (including phenoxy) is 1. The van der Waals surface area contributed by atoms with Crippen LogP contribution in [0.2, 0.25) is 10.0 Å². The van der Waals surface area contributed by atoms with Crippen LogP contribution < -0.4 is 9.64 Å².